The van der Waals surface area contributed by atoms with E-state index >= 15 is 0 Å². The monoisotopic (exact) mass is 519 g/mol. The third kappa shape index (κ3) is 6.19. The molecule has 11 nitrogen and oxygen atoms in total. The number of benzene rings is 2. The molecule has 0 aliphatic heterocycles. The summed E-state index contributed by atoms with van der Waals surface area (Å²) in [7, 11) is 0. The standard InChI is InChI=1S/C27H29N5O6/c28-19(9-10-24(33)34)25(35)31-22(11-15-13-29-20-7-3-1-5-17(15)20)26(36)32-23(27(37)38)12-16-14-30-21-8-4-2-6-18(16)21/h1-8,13-14,19,22-23,29-30H,9-12,28H2,(H,31,35)(H,32,36)(H,33,34)(H,37,38). The van der Waals surface area contributed by atoms with Crippen LogP contribution in [-0.2, 0) is 32.0 Å². The van der Waals surface area contributed by atoms with E-state index in [1.54, 1.807) is 12.4 Å². The third-order valence-electron chi connectivity index (χ3n) is 6.45. The fraction of sp³-hybridized carbons (Fsp3) is 0.259. The van der Waals surface area contributed by atoms with Gasteiger partial charge in [-0.25, -0.2) is 4.79 Å². The zero-order valence-corrected chi connectivity index (χ0v) is 20.4. The number of carboxylic acids is 2. The first kappa shape index (κ1) is 26.4. The van der Waals surface area contributed by atoms with E-state index in [1.165, 1.54) is 0 Å². The highest BCUT2D eigenvalue weighted by atomic mass is 16.4. The number of aromatic amines is 2. The SMILES string of the molecule is NC(CCC(=O)O)C(=O)NC(Cc1c[nH]c2ccccc12)C(=O)NC(Cc1c[nH]c2ccccc12)C(=O)O. The molecule has 11 heteroatoms. The van der Waals surface area contributed by atoms with Crippen molar-refractivity contribution < 1.29 is 29.4 Å². The summed E-state index contributed by atoms with van der Waals surface area (Å²) in [5, 5.41) is 25.6. The number of carbonyl (C=O) groups excluding carboxylic acids is 2. The summed E-state index contributed by atoms with van der Waals surface area (Å²) >= 11 is 0. The van der Waals surface area contributed by atoms with Gasteiger partial charge in [0.1, 0.15) is 12.1 Å². The molecule has 2 aromatic carbocycles. The van der Waals surface area contributed by atoms with Gasteiger partial charge < -0.3 is 36.5 Å². The molecule has 0 saturated carbocycles. The molecule has 0 fully saturated rings. The zero-order chi connectivity index (χ0) is 27.2. The van der Waals surface area contributed by atoms with Crippen LogP contribution in [0.1, 0.15) is 24.0 Å². The Morgan fingerprint density at radius 3 is 1.79 bits per heavy atom. The quantitative estimate of drug-likeness (QED) is 0.148. The Labute approximate surface area is 217 Å². The van der Waals surface area contributed by atoms with Crippen LogP contribution in [0.25, 0.3) is 21.8 Å². The summed E-state index contributed by atoms with van der Waals surface area (Å²) in [6, 6.07) is 11.3. The van der Waals surface area contributed by atoms with Crippen molar-refractivity contribution in [2.24, 2.45) is 5.73 Å². The average molecular weight is 520 g/mol. The maximum atomic E-state index is 13.4. The number of carboxylic acid groups (broad SMARTS) is 2. The van der Waals surface area contributed by atoms with Gasteiger partial charge in [0, 0.05) is 53.5 Å². The number of nitrogens with two attached hydrogens (primary N) is 1. The Morgan fingerprint density at radius 1 is 0.763 bits per heavy atom. The Hall–Kier alpha value is -4.64. The summed E-state index contributed by atoms with van der Waals surface area (Å²) in [5.41, 5.74) is 9.01. The number of aliphatic carboxylic acids is 2. The van der Waals surface area contributed by atoms with Crippen LogP contribution in [0.3, 0.4) is 0 Å². The van der Waals surface area contributed by atoms with Crippen molar-refractivity contribution in [1.82, 2.24) is 20.6 Å². The lowest BCUT2D eigenvalue weighted by molar-refractivity contribution is -0.142. The maximum absolute atomic E-state index is 13.4. The number of rotatable bonds is 12. The number of carbonyl (C=O) groups is 4. The van der Waals surface area contributed by atoms with Crippen LogP contribution in [0.15, 0.2) is 60.9 Å². The van der Waals surface area contributed by atoms with Gasteiger partial charge in [-0.15, -0.1) is 0 Å². The summed E-state index contributed by atoms with van der Waals surface area (Å²) in [6.07, 6.45) is 3.10. The molecule has 38 heavy (non-hydrogen) atoms. The van der Waals surface area contributed by atoms with E-state index in [-0.39, 0.29) is 25.7 Å². The van der Waals surface area contributed by atoms with E-state index in [2.05, 4.69) is 20.6 Å². The van der Waals surface area contributed by atoms with E-state index in [0.717, 1.165) is 32.9 Å². The van der Waals surface area contributed by atoms with E-state index in [0.29, 0.717) is 0 Å². The topological polar surface area (TPSA) is 190 Å². The van der Waals surface area contributed by atoms with Crippen molar-refractivity contribution in [2.75, 3.05) is 0 Å². The fourth-order valence-electron chi connectivity index (χ4n) is 4.41. The molecule has 3 unspecified atom stereocenters. The van der Waals surface area contributed by atoms with Crippen LogP contribution in [0.5, 0.6) is 0 Å². The van der Waals surface area contributed by atoms with E-state index in [4.69, 9.17) is 10.8 Å². The predicted octanol–water partition coefficient (Wildman–Crippen LogP) is 1.68. The number of hydrogen-bond acceptors (Lipinski definition) is 5. The van der Waals surface area contributed by atoms with Gasteiger partial charge in [-0.2, -0.15) is 0 Å². The lowest BCUT2D eigenvalue weighted by Crippen LogP contribution is -2.55. The van der Waals surface area contributed by atoms with E-state index in [9.17, 15) is 24.3 Å². The minimum atomic E-state index is -1.26. The molecule has 0 radical (unpaired) electrons. The predicted molar refractivity (Wildman–Crippen MR) is 140 cm³/mol. The average Bonchev–Trinajstić information content (AvgIpc) is 3.50. The van der Waals surface area contributed by atoms with E-state index in [1.807, 2.05) is 48.5 Å². The molecule has 0 saturated heterocycles. The second-order valence-corrected chi connectivity index (χ2v) is 9.13. The molecule has 0 bridgehead atoms. The number of H-pyrrole nitrogens is 2. The fourth-order valence-corrected chi connectivity index (χ4v) is 4.41. The van der Waals surface area contributed by atoms with Gasteiger partial charge in [-0.3, -0.25) is 14.4 Å². The van der Waals surface area contributed by atoms with Crippen LogP contribution in [0.2, 0.25) is 0 Å². The highest BCUT2D eigenvalue weighted by molar-refractivity contribution is 5.93. The van der Waals surface area contributed by atoms with Crippen LogP contribution < -0.4 is 16.4 Å². The molecule has 0 spiro atoms. The first-order valence-electron chi connectivity index (χ1n) is 12.1. The Morgan fingerprint density at radius 2 is 1.26 bits per heavy atom. The number of fused-ring (bicyclic) bond motifs is 2. The molecular formula is C27H29N5O6. The summed E-state index contributed by atoms with van der Waals surface area (Å²) in [4.78, 5) is 55.3. The minimum absolute atomic E-state index is 0.0248. The molecule has 0 aliphatic rings. The molecule has 3 atom stereocenters. The van der Waals surface area contributed by atoms with Gasteiger partial charge >= 0.3 is 11.9 Å². The van der Waals surface area contributed by atoms with Crippen molar-refractivity contribution in [2.45, 2.75) is 43.8 Å². The van der Waals surface area contributed by atoms with Gasteiger partial charge in [0.15, 0.2) is 0 Å². The van der Waals surface area contributed by atoms with E-state index < -0.39 is 41.9 Å². The van der Waals surface area contributed by atoms with Crippen molar-refractivity contribution in [3.8, 4) is 0 Å². The summed E-state index contributed by atoms with van der Waals surface area (Å²) in [6.45, 7) is 0. The Bertz CT molecular complexity index is 1470. The van der Waals surface area contributed by atoms with Gasteiger partial charge in [-0.1, -0.05) is 36.4 Å². The van der Waals surface area contributed by atoms with Gasteiger partial charge in [0.2, 0.25) is 11.8 Å². The van der Waals surface area contributed by atoms with Gasteiger partial charge in [0.05, 0.1) is 6.04 Å². The van der Waals surface area contributed by atoms with Crippen LogP contribution in [0.4, 0.5) is 0 Å². The Kier molecular flexibility index (Phi) is 8.07. The molecule has 2 amide bonds. The number of amides is 2. The second kappa shape index (κ2) is 11.6. The normalized spacial score (nSPS) is 13.6. The smallest absolute Gasteiger partial charge is 0.326 e. The molecular weight excluding hydrogens is 490 g/mol. The molecule has 8 N–H and O–H groups in total. The molecule has 0 aliphatic carbocycles. The number of hydrogen-bond donors (Lipinski definition) is 7. The number of aromatic nitrogens is 2. The molecule has 2 aromatic heterocycles. The van der Waals surface area contributed by atoms with Crippen LogP contribution in [-0.4, -0.2) is 62.1 Å². The van der Waals surface area contributed by atoms with Crippen LogP contribution >= 0.6 is 0 Å². The largest absolute Gasteiger partial charge is 0.481 e. The van der Waals surface area contributed by atoms with Crippen molar-refractivity contribution >= 4 is 45.6 Å². The van der Waals surface area contributed by atoms with Gasteiger partial charge in [0.25, 0.3) is 0 Å². The lowest BCUT2D eigenvalue weighted by atomic mass is 10.0. The maximum Gasteiger partial charge on any atom is 0.326 e. The zero-order valence-electron chi connectivity index (χ0n) is 20.4. The molecule has 198 valence electrons. The molecule has 4 aromatic rings. The second-order valence-electron chi connectivity index (χ2n) is 9.13. The first-order valence-corrected chi connectivity index (χ1v) is 12.1. The molecule has 2 heterocycles. The lowest BCUT2D eigenvalue weighted by Gasteiger charge is -2.23. The minimum Gasteiger partial charge on any atom is -0.481 e. The van der Waals surface area contributed by atoms with Crippen molar-refractivity contribution in [3.05, 3.63) is 72.1 Å². The number of nitrogens with one attached hydrogen (secondary N) is 4. The Balaban J connectivity index is 1.55. The summed E-state index contributed by atoms with van der Waals surface area (Å²) in [5.74, 6) is -3.71. The first-order chi connectivity index (χ1) is 18.2. The molecule has 4 rings (SSSR count). The van der Waals surface area contributed by atoms with Crippen molar-refractivity contribution in [3.63, 3.8) is 0 Å². The number of para-hydroxylation sites is 2. The highest BCUT2D eigenvalue weighted by Crippen LogP contribution is 2.21. The summed E-state index contributed by atoms with van der Waals surface area (Å²) < 4.78 is 0. The third-order valence-corrected chi connectivity index (χ3v) is 6.45. The van der Waals surface area contributed by atoms with Crippen LogP contribution in [0, 0.1) is 0 Å². The highest BCUT2D eigenvalue weighted by Gasteiger charge is 2.29. The van der Waals surface area contributed by atoms with Crippen molar-refractivity contribution in [1.29, 1.82) is 0 Å². The van der Waals surface area contributed by atoms with Gasteiger partial charge in [-0.05, 0) is 29.7 Å².